The van der Waals surface area contributed by atoms with Gasteiger partial charge in [0.15, 0.2) is 0 Å². The number of rotatable bonds is 7. The van der Waals surface area contributed by atoms with Gasteiger partial charge in [-0.05, 0) is 54.2 Å². The number of ether oxygens (including phenoxy) is 1. The van der Waals surface area contributed by atoms with Gasteiger partial charge < -0.3 is 10.1 Å². The van der Waals surface area contributed by atoms with Crippen LogP contribution in [0.15, 0.2) is 10.7 Å². The van der Waals surface area contributed by atoms with Crippen LogP contribution in [0.1, 0.15) is 44.2 Å². The van der Waals surface area contributed by atoms with E-state index < -0.39 is 0 Å². The van der Waals surface area contributed by atoms with Gasteiger partial charge in [-0.1, -0.05) is 19.8 Å². The van der Waals surface area contributed by atoms with E-state index in [-0.39, 0.29) is 0 Å². The lowest BCUT2D eigenvalue weighted by Gasteiger charge is -2.36. The highest BCUT2D eigenvalue weighted by Gasteiger charge is 2.33. The average molecular weight is 358 g/mol. The summed E-state index contributed by atoms with van der Waals surface area (Å²) in [5, 5.41) is 7.92. The SMILES string of the molecule is CCC1CCC(CNC)C(c2c(Br)cnn2CCOC)C1. The quantitative estimate of drug-likeness (QED) is 0.812. The van der Waals surface area contributed by atoms with E-state index in [0.717, 1.165) is 23.5 Å². The molecule has 3 atom stereocenters. The standard InChI is InChI=1S/C16H28BrN3O/c1-4-12-5-6-13(10-18-2)14(9-12)16-15(17)11-19-20(16)7-8-21-3/h11-14,18H,4-10H2,1-3H3. The maximum Gasteiger partial charge on any atom is 0.0658 e. The second kappa shape index (κ2) is 8.30. The minimum atomic E-state index is 0.588. The summed E-state index contributed by atoms with van der Waals surface area (Å²) in [6.07, 6.45) is 7.18. The van der Waals surface area contributed by atoms with Gasteiger partial charge in [-0.15, -0.1) is 0 Å². The van der Waals surface area contributed by atoms with Crippen LogP contribution in [0.5, 0.6) is 0 Å². The van der Waals surface area contributed by atoms with Crippen molar-refractivity contribution in [1.29, 1.82) is 0 Å². The summed E-state index contributed by atoms with van der Waals surface area (Å²) in [6.45, 7) is 4.94. The van der Waals surface area contributed by atoms with Crippen molar-refractivity contribution in [2.24, 2.45) is 11.8 Å². The van der Waals surface area contributed by atoms with Crippen LogP contribution in [0.4, 0.5) is 0 Å². The Labute approximate surface area is 136 Å². The number of aromatic nitrogens is 2. The van der Waals surface area contributed by atoms with Crippen LogP contribution >= 0.6 is 15.9 Å². The molecule has 5 heteroatoms. The Balaban J connectivity index is 2.24. The van der Waals surface area contributed by atoms with E-state index in [1.54, 1.807) is 7.11 Å². The first kappa shape index (κ1) is 17.0. The van der Waals surface area contributed by atoms with Gasteiger partial charge in [-0.3, -0.25) is 4.68 Å². The smallest absolute Gasteiger partial charge is 0.0658 e. The highest BCUT2D eigenvalue weighted by molar-refractivity contribution is 9.10. The first-order valence-electron chi connectivity index (χ1n) is 8.05. The Hall–Kier alpha value is -0.390. The highest BCUT2D eigenvalue weighted by atomic mass is 79.9. The fourth-order valence-corrected chi connectivity index (χ4v) is 4.22. The Morgan fingerprint density at radius 1 is 1.48 bits per heavy atom. The third-order valence-corrected chi connectivity index (χ3v) is 5.45. The first-order valence-corrected chi connectivity index (χ1v) is 8.85. The molecule has 0 saturated heterocycles. The van der Waals surface area contributed by atoms with E-state index in [4.69, 9.17) is 4.74 Å². The molecule has 0 bridgehead atoms. The van der Waals surface area contributed by atoms with Crippen LogP contribution in [0.3, 0.4) is 0 Å². The van der Waals surface area contributed by atoms with Gasteiger partial charge in [-0.25, -0.2) is 0 Å². The van der Waals surface area contributed by atoms with Crippen molar-refractivity contribution < 1.29 is 4.74 Å². The van der Waals surface area contributed by atoms with Gasteiger partial charge in [0.1, 0.15) is 0 Å². The van der Waals surface area contributed by atoms with Crippen LogP contribution in [-0.4, -0.2) is 37.1 Å². The Morgan fingerprint density at radius 3 is 2.95 bits per heavy atom. The zero-order chi connectivity index (χ0) is 15.2. The van der Waals surface area contributed by atoms with E-state index in [1.165, 1.54) is 31.4 Å². The molecule has 1 aromatic heterocycles. The Kier molecular flexibility index (Phi) is 6.71. The van der Waals surface area contributed by atoms with Crippen molar-refractivity contribution in [2.75, 3.05) is 27.3 Å². The van der Waals surface area contributed by atoms with E-state index in [1.807, 2.05) is 6.20 Å². The normalized spacial score (nSPS) is 26.2. The third kappa shape index (κ3) is 4.08. The van der Waals surface area contributed by atoms with Crippen molar-refractivity contribution in [1.82, 2.24) is 15.1 Å². The summed E-state index contributed by atoms with van der Waals surface area (Å²) in [6, 6.07) is 0. The maximum atomic E-state index is 5.23. The molecule has 0 aliphatic heterocycles. The molecular formula is C16H28BrN3O. The molecule has 120 valence electrons. The van der Waals surface area contributed by atoms with Crippen molar-refractivity contribution >= 4 is 15.9 Å². The van der Waals surface area contributed by atoms with Crippen molar-refractivity contribution in [3.63, 3.8) is 0 Å². The molecule has 4 nitrogen and oxygen atoms in total. The predicted octanol–water partition coefficient (Wildman–Crippen LogP) is 3.42. The largest absolute Gasteiger partial charge is 0.383 e. The van der Waals surface area contributed by atoms with Crippen LogP contribution in [0, 0.1) is 11.8 Å². The van der Waals surface area contributed by atoms with Crippen molar-refractivity contribution in [3.05, 3.63) is 16.4 Å². The third-order valence-electron chi connectivity index (χ3n) is 4.84. The minimum Gasteiger partial charge on any atom is -0.383 e. The zero-order valence-electron chi connectivity index (χ0n) is 13.4. The molecule has 1 aromatic rings. The van der Waals surface area contributed by atoms with Crippen LogP contribution in [-0.2, 0) is 11.3 Å². The van der Waals surface area contributed by atoms with Crippen molar-refractivity contribution in [3.8, 4) is 0 Å². The lowest BCUT2D eigenvalue weighted by Crippen LogP contribution is -2.32. The Bertz CT molecular complexity index is 435. The zero-order valence-corrected chi connectivity index (χ0v) is 15.0. The molecule has 1 N–H and O–H groups in total. The number of methoxy groups -OCH3 is 1. The summed E-state index contributed by atoms with van der Waals surface area (Å²) in [7, 11) is 3.80. The summed E-state index contributed by atoms with van der Waals surface area (Å²) in [5.41, 5.74) is 1.37. The van der Waals surface area contributed by atoms with Crippen LogP contribution in [0.25, 0.3) is 0 Å². The van der Waals surface area contributed by atoms with E-state index >= 15 is 0 Å². The van der Waals surface area contributed by atoms with Crippen molar-refractivity contribution in [2.45, 2.75) is 45.1 Å². The minimum absolute atomic E-state index is 0.588. The van der Waals surface area contributed by atoms with E-state index in [0.29, 0.717) is 18.4 Å². The molecule has 1 aliphatic rings. The number of nitrogens with zero attached hydrogens (tertiary/aromatic N) is 2. The fraction of sp³-hybridized carbons (Fsp3) is 0.812. The molecule has 21 heavy (non-hydrogen) atoms. The molecule has 1 heterocycles. The molecule has 1 saturated carbocycles. The highest BCUT2D eigenvalue weighted by Crippen LogP contribution is 2.43. The summed E-state index contributed by atoms with van der Waals surface area (Å²) >= 11 is 3.72. The fourth-order valence-electron chi connectivity index (χ4n) is 3.63. The first-order chi connectivity index (χ1) is 10.2. The number of hydrogen-bond donors (Lipinski definition) is 1. The molecule has 0 spiro atoms. The van der Waals surface area contributed by atoms with Crippen LogP contribution in [0.2, 0.25) is 0 Å². The number of hydrogen-bond acceptors (Lipinski definition) is 3. The molecule has 0 amide bonds. The molecule has 2 rings (SSSR count). The van der Waals surface area contributed by atoms with Gasteiger partial charge in [-0.2, -0.15) is 5.10 Å². The predicted molar refractivity (Wildman–Crippen MR) is 89.6 cm³/mol. The monoisotopic (exact) mass is 357 g/mol. The lowest BCUT2D eigenvalue weighted by molar-refractivity contribution is 0.176. The van der Waals surface area contributed by atoms with Gasteiger partial charge >= 0.3 is 0 Å². The topological polar surface area (TPSA) is 39.1 Å². The molecular weight excluding hydrogens is 330 g/mol. The molecule has 0 radical (unpaired) electrons. The van der Waals surface area contributed by atoms with Gasteiger partial charge in [0.05, 0.1) is 29.5 Å². The van der Waals surface area contributed by atoms with Gasteiger partial charge in [0, 0.05) is 13.0 Å². The van der Waals surface area contributed by atoms with Crippen LogP contribution < -0.4 is 5.32 Å². The second-order valence-corrected chi connectivity index (χ2v) is 6.96. The summed E-state index contributed by atoms with van der Waals surface area (Å²) in [5.74, 6) is 2.14. The maximum absolute atomic E-state index is 5.23. The molecule has 0 aromatic carbocycles. The summed E-state index contributed by atoms with van der Waals surface area (Å²) < 4.78 is 8.52. The molecule has 3 unspecified atom stereocenters. The lowest BCUT2D eigenvalue weighted by atomic mass is 9.71. The molecule has 1 fully saturated rings. The van der Waals surface area contributed by atoms with Gasteiger partial charge in [0.25, 0.3) is 0 Å². The van der Waals surface area contributed by atoms with E-state index in [2.05, 4.69) is 45.0 Å². The van der Waals surface area contributed by atoms with Gasteiger partial charge in [0.2, 0.25) is 0 Å². The second-order valence-electron chi connectivity index (χ2n) is 6.11. The Morgan fingerprint density at radius 2 is 2.29 bits per heavy atom. The van der Waals surface area contributed by atoms with E-state index in [9.17, 15) is 0 Å². The average Bonchev–Trinajstić information content (AvgIpc) is 2.86. The number of halogens is 1. The number of nitrogens with one attached hydrogen (secondary N) is 1. The molecule has 1 aliphatic carbocycles. The summed E-state index contributed by atoms with van der Waals surface area (Å²) in [4.78, 5) is 0.